The number of hydrogen-bond acceptors (Lipinski definition) is 8. The van der Waals surface area contributed by atoms with E-state index >= 15 is 0 Å². The molecule has 0 bridgehead atoms. The Kier molecular flexibility index (Phi) is 6.48. The van der Waals surface area contributed by atoms with E-state index in [0.717, 1.165) is 0 Å². The molecule has 5 rings (SSSR count). The minimum atomic E-state index is -0.699. The molecule has 1 aliphatic heterocycles. The van der Waals surface area contributed by atoms with Crippen LogP contribution in [-0.2, 0) is 4.79 Å². The lowest BCUT2D eigenvalue weighted by Gasteiger charge is -2.29. The van der Waals surface area contributed by atoms with Crippen LogP contribution in [0.1, 0.15) is 18.5 Å². The molecule has 0 fully saturated rings. The van der Waals surface area contributed by atoms with Gasteiger partial charge in [0.05, 0.1) is 24.7 Å². The van der Waals surface area contributed by atoms with E-state index in [1.165, 1.54) is 12.1 Å². The summed E-state index contributed by atoms with van der Waals surface area (Å²) in [6, 6.07) is 19.8. The molecular weight excluding hydrogens is 488 g/mol. The Hall–Kier alpha value is -5.19. The Bertz CT molecular complexity index is 1550. The van der Waals surface area contributed by atoms with Gasteiger partial charge in [-0.15, -0.1) is 5.10 Å². The van der Waals surface area contributed by atoms with Crippen molar-refractivity contribution >= 4 is 23.2 Å². The molecule has 0 saturated heterocycles. The van der Waals surface area contributed by atoms with E-state index in [9.17, 15) is 14.9 Å². The molecule has 0 saturated carbocycles. The van der Waals surface area contributed by atoms with Crippen LogP contribution < -0.4 is 20.1 Å². The van der Waals surface area contributed by atoms with Crippen LogP contribution in [0.25, 0.3) is 11.4 Å². The van der Waals surface area contributed by atoms with E-state index in [4.69, 9.17) is 14.6 Å². The molecule has 0 spiro atoms. The number of nitro groups is 1. The van der Waals surface area contributed by atoms with Gasteiger partial charge in [-0.2, -0.15) is 4.98 Å². The third-order valence-electron chi connectivity index (χ3n) is 6.20. The summed E-state index contributed by atoms with van der Waals surface area (Å²) < 4.78 is 12.7. The number of nitrogens with zero attached hydrogens (tertiary/aromatic N) is 4. The number of carbonyl (C=O) groups is 1. The Morgan fingerprint density at radius 1 is 1.05 bits per heavy atom. The minimum absolute atomic E-state index is 0.0333. The molecule has 1 unspecified atom stereocenters. The Balaban J connectivity index is 1.63. The molecule has 38 heavy (non-hydrogen) atoms. The summed E-state index contributed by atoms with van der Waals surface area (Å²) in [4.78, 5) is 28.9. The number of rotatable bonds is 7. The summed E-state index contributed by atoms with van der Waals surface area (Å²) in [5.41, 5.74) is 2.89. The van der Waals surface area contributed by atoms with Gasteiger partial charge in [0.2, 0.25) is 5.95 Å². The molecule has 2 heterocycles. The summed E-state index contributed by atoms with van der Waals surface area (Å²) >= 11 is 0. The smallest absolute Gasteiger partial charge is 0.269 e. The zero-order chi connectivity index (χ0) is 26.8. The summed E-state index contributed by atoms with van der Waals surface area (Å²) in [5, 5.41) is 21.9. The van der Waals surface area contributed by atoms with Crippen LogP contribution in [-0.4, -0.2) is 39.8 Å². The first-order valence-electron chi connectivity index (χ1n) is 11.7. The quantitative estimate of drug-likeness (QED) is 0.267. The van der Waals surface area contributed by atoms with Crippen LogP contribution in [0.5, 0.6) is 11.5 Å². The summed E-state index contributed by atoms with van der Waals surface area (Å²) in [6.07, 6.45) is 0. The molecule has 1 aromatic heterocycles. The standard InChI is InChI=1S/C27H24N6O5/c1-16-23(26(34)29-18-7-5-4-6-8-18)24(21-14-13-20(37-2)15-22(21)38-3)32-27(28-16)30-25(31-32)17-9-11-19(12-10-17)33(35)36/h4-15,24H,1-3H3,(H,29,34)(H,28,30,31). The van der Waals surface area contributed by atoms with E-state index in [2.05, 4.69) is 15.6 Å². The van der Waals surface area contributed by atoms with Crippen LogP contribution in [0, 0.1) is 10.1 Å². The molecular formula is C27H24N6O5. The van der Waals surface area contributed by atoms with Gasteiger partial charge in [-0.1, -0.05) is 18.2 Å². The second-order valence-corrected chi connectivity index (χ2v) is 8.50. The van der Waals surface area contributed by atoms with Crippen molar-refractivity contribution in [2.75, 3.05) is 24.9 Å². The lowest BCUT2D eigenvalue weighted by atomic mass is 9.94. The number of ether oxygens (including phenoxy) is 2. The first-order chi connectivity index (χ1) is 18.4. The van der Waals surface area contributed by atoms with Crippen molar-refractivity contribution in [3.8, 4) is 22.9 Å². The molecule has 1 aliphatic rings. The number of benzene rings is 3. The zero-order valence-corrected chi connectivity index (χ0v) is 20.8. The maximum absolute atomic E-state index is 13.7. The van der Waals surface area contributed by atoms with Gasteiger partial charge in [0.25, 0.3) is 11.6 Å². The molecule has 4 aromatic rings. The number of aromatic nitrogens is 3. The van der Waals surface area contributed by atoms with Gasteiger partial charge < -0.3 is 20.1 Å². The lowest BCUT2D eigenvalue weighted by Crippen LogP contribution is -2.31. The summed E-state index contributed by atoms with van der Waals surface area (Å²) in [6.45, 7) is 1.80. The maximum atomic E-state index is 13.7. The summed E-state index contributed by atoms with van der Waals surface area (Å²) in [5.74, 6) is 1.54. The topological polar surface area (TPSA) is 133 Å². The first kappa shape index (κ1) is 24.5. The van der Waals surface area contributed by atoms with Crippen LogP contribution in [0.3, 0.4) is 0 Å². The van der Waals surface area contributed by atoms with Gasteiger partial charge in [-0.05, 0) is 43.3 Å². The largest absolute Gasteiger partial charge is 0.497 e. The average molecular weight is 513 g/mol. The van der Waals surface area contributed by atoms with Gasteiger partial charge in [-0.25, -0.2) is 4.68 Å². The molecule has 1 atom stereocenters. The summed E-state index contributed by atoms with van der Waals surface area (Å²) in [7, 11) is 3.11. The average Bonchev–Trinajstić information content (AvgIpc) is 3.36. The number of amides is 1. The fraction of sp³-hybridized carbons (Fsp3) is 0.148. The molecule has 192 valence electrons. The Morgan fingerprint density at radius 3 is 2.45 bits per heavy atom. The number of carbonyl (C=O) groups excluding carboxylic acids is 1. The molecule has 1 amide bonds. The predicted octanol–water partition coefficient (Wildman–Crippen LogP) is 4.80. The Labute approximate surface area is 217 Å². The van der Waals surface area contributed by atoms with Gasteiger partial charge in [0, 0.05) is 40.7 Å². The van der Waals surface area contributed by atoms with Crippen molar-refractivity contribution in [3.05, 3.63) is 99.7 Å². The minimum Gasteiger partial charge on any atom is -0.497 e. The zero-order valence-electron chi connectivity index (χ0n) is 20.8. The normalized spacial score (nSPS) is 14.3. The highest BCUT2D eigenvalue weighted by atomic mass is 16.6. The van der Waals surface area contributed by atoms with E-state index in [1.807, 2.05) is 24.3 Å². The molecule has 0 aliphatic carbocycles. The van der Waals surface area contributed by atoms with Gasteiger partial charge in [-0.3, -0.25) is 14.9 Å². The highest BCUT2D eigenvalue weighted by Crippen LogP contribution is 2.41. The second kappa shape index (κ2) is 10.1. The van der Waals surface area contributed by atoms with Crippen LogP contribution in [0.15, 0.2) is 84.1 Å². The van der Waals surface area contributed by atoms with Crippen LogP contribution in [0.2, 0.25) is 0 Å². The third kappa shape index (κ3) is 4.52. The van der Waals surface area contributed by atoms with E-state index in [-0.39, 0.29) is 11.6 Å². The monoisotopic (exact) mass is 512 g/mol. The molecule has 3 aromatic carbocycles. The van der Waals surface area contributed by atoms with Gasteiger partial charge in [0.15, 0.2) is 5.82 Å². The number of nitro benzene ring substituents is 1. The number of para-hydroxylation sites is 1. The van der Waals surface area contributed by atoms with Crippen molar-refractivity contribution in [2.24, 2.45) is 0 Å². The number of non-ortho nitro benzene ring substituents is 1. The van der Waals surface area contributed by atoms with Gasteiger partial charge in [0.1, 0.15) is 17.5 Å². The Morgan fingerprint density at radius 2 is 1.79 bits per heavy atom. The third-order valence-corrected chi connectivity index (χ3v) is 6.20. The van der Waals surface area contributed by atoms with E-state index in [1.54, 1.807) is 62.2 Å². The van der Waals surface area contributed by atoms with Crippen LogP contribution in [0.4, 0.5) is 17.3 Å². The predicted molar refractivity (Wildman–Crippen MR) is 141 cm³/mol. The highest BCUT2D eigenvalue weighted by Gasteiger charge is 2.36. The number of hydrogen-bond donors (Lipinski definition) is 2. The van der Waals surface area contributed by atoms with Crippen molar-refractivity contribution in [3.63, 3.8) is 0 Å². The number of methoxy groups -OCH3 is 2. The highest BCUT2D eigenvalue weighted by molar-refractivity contribution is 6.06. The van der Waals surface area contributed by atoms with E-state index < -0.39 is 11.0 Å². The number of allylic oxidation sites excluding steroid dienone is 1. The molecule has 11 nitrogen and oxygen atoms in total. The molecule has 2 N–H and O–H groups in total. The van der Waals surface area contributed by atoms with Crippen molar-refractivity contribution in [1.29, 1.82) is 0 Å². The van der Waals surface area contributed by atoms with E-state index in [0.29, 0.717) is 51.4 Å². The number of fused-ring (bicyclic) bond motifs is 1. The first-order valence-corrected chi connectivity index (χ1v) is 11.7. The van der Waals surface area contributed by atoms with Gasteiger partial charge >= 0.3 is 0 Å². The molecule has 0 radical (unpaired) electrons. The number of nitrogens with one attached hydrogen (secondary N) is 2. The second-order valence-electron chi connectivity index (χ2n) is 8.50. The molecule has 11 heteroatoms. The maximum Gasteiger partial charge on any atom is 0.269 e. The van der Waals surface area contributed by atoms with Crippen molar-refractivity contribution < 1.29 is 19.2 Å². The fourth-order valence-electron chi connectivity index (χ4n) is 4.35. The fourth-order valence-corrected chi connectivity index (χ4v) is 4.35. The lowest BCUT2D eigenvalue weighted by molar-refractivity contribution is -0.384. The van der Waals surface area contributed by atoms with Crippen molar-refractivity contribution in [2.45, 2.75) is 13.0 Å². The van der Waals surface area contributed by atoms with Crippen molar-refractivity contribution in [1.82, 2.24) is 14.8 Å². The SMILES string of the molecule is COc1ccc(C2C(C(=O)Nc3ccccc3)=C(C)Nc3nc(-c4ccc([N+](=O)[O-])cc4)nn32)c(OC)c1. The van der Waals surface area contributed by atoms with Crippen LogP contribution >= 0.6 is 0 Å². The number of anilines is 2.